The summed E-state index contributed by atoms with van der Waals surface area (Å²) >= 11 is 0. The molecule has 0 saturated heterocycles. The monoisotopic (exact) mass is 500 g/mol. The number of carbonyl (C=O) groups is 1. The zero-order valence-corrected chi connectivity index (χ0v) is 18.8. The molecule has 0 aliphatic carbocycles. The van der Waals surface area contributed by atoms with Crippen LogP contribution in [0.1, 0.15) is 35.4 Å². The van der Waals surface area contributed by atoms with Gasteiger partial charge in [-0.2, -0.15) is 18.2 Å². The van der Waals surface area contributed by atoms with Gasteiger partial charge in [0, 0.05) is 48.9 Å². The van der Waals surface area contributed by atoms with Crippen LogP contribution in [0.5, 0.6) is 0 Å². The minimum absolute atomic E-state index is 0.379. The zero-order valence-electron chi connectivity index (χ0n) is 18.8. The molecule has 5 rings (SSSR count). The fourth-order valence-corrected chi connectivity index (χ4v) is 3.28. The second-order valence-corrected chi connectivity index (χ2v) is 7.63. The van der Waals surface area contributed by atoms with Gasteiger partial charge >= 0.3 is 12.1 Å². The number of benzene rings is 1. The number of nitrogens with zero attached hydrogens (tertiary/aromatic N) is 6. The number of aliphatic carboxylic acids is 1. The highest BCUT2D eigenvalue weighted by Gasteiger charge is 2.38. The SMILES string of the molecule is Cc1nccn1Cc1cccc(-c2noc(C3CC(c4ccncc4)=NO3)n2)c1.O=C(O)C(F)(F)F. The number of hydrogen-bond donors (Lipinski definition) is 1. The highest BCUT2D eigenvalue weighted by molar-refractivity contribution is 6.01. The third-order valence-electron chi connectivity index (χ3n) is 5.10. The van der Waals surface area contributed by atoms with Crippen LogP contribution >= 0.6 is 0 Å². The van der Waals surface area contributed by atoms with Gasteiger partial charge in [0.2, 0.25) is 11.9 Å². The molecule has 0 bridgehead atoms. The van der Waals surface area contributed by atoms with E-state index in [4.69, 9.17) is 19.3 Å². The van der Waals surface area contributed by atoms with Crippen LogP contribution in [0, 0.1) is 6.92 Å². The Morgan fingerprint density at radius 1 is 1.17 bits per heavy atom. The fourth-order valence-electron chi connectivity index (χ4n) is 3.28. The maximum atomic E-state index is 10.6. The van der Waals surface area contributed by atoms with Crippen LogP contribution in [0.2, 0.25) is 0 Å². The Bertz CT molecular complexity index is 1370. The van der Waals surface area contributed by atoms with Gasteiger partial charge < -0.3 is 19.0 Å². The van der Waals surface area contributed by atoms with E-state index in [1.165, 1.54) is 0 Å². The van der Waals surface area contributed by atoms with Crippen molar-refractivity contribution in [2.75, 3.05) is 0 Å². The molecule has 0 radical (unpaired) electrons. The van der Waals surface area contributed by atoms with Crippen LogP contribution in [-0.2, 0) is 16.2 Å². The normalized spacial score (nSPS) is 15.0. The van der Waals surface area contributed by atoms with Gasteiger partial charge in [-0.15, -0.1) is 0 Å². The van der Waals surface area contributed by atoms with E-state index in [-0.39, 0.29) is 6.10 Å². The van der Waals surface area contributed by atoms with E-state index < -0.39 is 12.1 Å². The molecule has 1 aliphatic rings. The first-order valence-corrected chi connectivity index (χ1v) is 10.5. The Morgan fingerprint density at radius 2 is 1.92 bits per heavy atom. The number of halogens is 3. The predicted octanol–water partition coefficient (Wildman–Crippen LogP) is 4.18. The van der Waals surface area contributed by atoms with Crippen LogP contribution in [-0.4, -0.2) is 47.6 Å². The summed E-state index contributed by atoms with van der Waals surface area (Å²) in [5, 5.41) is 15.4. The van der Waals surface area contributed by atoms with Gasteiger partial charge in [0.1, 0.15) is 5.82 Å². The van der Waals surface area contributed by atoms with E-state index in [1.54, 1.807) is 18.6 Å². The molecule has 0 spiro atoms. The Labute approximate surface area is 202 Å². The lowest BCUT2D eigenvalue weighted by Gasteiger charge is -2.06. The maximum Gasteiger partial charge on any atom is 0.490 e. The molecule has 0 saturated carbocycles. The molecule has 0 amide bonds. The zero-order chi connectivity index (χ0) is 25.7. The predicted molar refractivity (Wildman–Crippen MR) is 119 cm³/mol. The third-order valence-corrected chi connectivity index (χ3v) is 5.10. The number of aromatic nitrogens is 5. The highest BCUT2D eigenvalue weighted by Crippen LogP contribution is 2.30. The lowest BCUT2D eigenvalue weighted by molar-refractivity contribution is -0.192. The number of hydrogen-bond acceptors (Lipinski definition) is 8. The molecule has 1 atom stereocenters. The summed E-state index contributed by atoms with van der Waals surface area (Å²) < 4.78 is 39.3. The first kappa shape index (κ1) is 24.6. The molecule has 4 aromatic rings. The van der Waals surface area contributed by atoms with Gasteiger partial charge in [-0.1, -0.05) is 28.5 Å². The van der Waals surface area contributed by atoms with Crippen LogP contribution < -0.4 is 0 Å². The van der Waals surface area contributed by atoms with E-state index in [0.29, 0.717) is 18.1 Å². The summed E-state index contributed by atoms with van der Waals surface area (Å²) in [6.45, 7) is 2.72. The van der Waals surface area contributed by atoms with Crippen molar-refractivity contribution in [1.82, 2.24) is 24.7 Å². The summed E-state index contributed by atoms with van der Waals surface area (Å²) in [6.07, 6.45) is 2.34. The number of pyridine rings is 1. The average molecular weight is 500 g/mol. The Balaban J connectivity index is 0.000000384. The molecular formula is C23H19F3N6O4. The van der Waals surface area contributed by atoms with Crippen molar-refractivity contribution >= 4 is 11.7 Å². The molecule has 1 N–H and O–H groups in total. The van der Waals surface area contributed by atoms with Crippen molar-refractivity contribution < 1.29 is 32.4 Å². The number of aryl methyl sites for hydroxylation is 1. The van der Waals surface area contributed by atoms with Crippen molar-refractivity contribution in [2.45, 2.75) is 32.2 Å². The lowest BCUT2D eigenvalue weighted by atomic mass is 10.1. The van der Waals surface area contributed by atoms with E-state index in [2.05, 4.69) is 42.0 Å². The summed E-state index contributed by atoms with van der Waals surface area (Å²) in [6, 6.07) is 11.9. The Hall–Kier alpha value is -4.55. The van der Waals surface area contributed by atoms with Crippen LogP contribution in [0.4, 0.5) is 13.2 Å². The fraction of sp³-hybridized carbons (Fsp3) is 0.217. The highest BCUT2D eigenvalue weighted by atomic mass is 19.4. The number of carboxylic acids is 1. The van der Waals surface area contributed by atoms with Crippen molar-refractivity contribution in [1.29, 1.82) is 0 Å². The summed E-state index contributed by atoms with van der Waals surface area (Å²) in [7, 11) is 0. The molecule has 3 aromatic heterocycles. The largest absolute Gasteiger partial charge is 0.490 e. The molecule has 13 heteroatoms. The number of rotatable bonds is 5. The molecular weight excluding hydrogens is 481 g/mol. The van der Waals surface area contributed by atoms with E-state index in [1.807, 2.05) is 37.4 Å². The second-order valence-electron chi connectivity index (χ2n) is 7.63. The Morgan fingerprint density at radius 3 is 2.58 bits per heavy atom. The van der Waals surface area contributed by atoms with Crippen LogP contribution in [0.25, 0.3) is 11.4 Å². The minimum Gasteiger partial charge on any atom is -0.475 e. The van der Waals surface area contributed by atoms with Crippen LogP contribution in [0.15, 0.2) is 70.9 Å². The first-order chi connectivity index (χ1) is 17.2. The average Bonchev–Trinajstić information content (AvgIpc) is 3.61. The minimum atomic E-state index is -5.08. The smallest absolute Gasteiger partial charge is 0.475 e. The van der Waals surface area contributed by atoms with Crippen molar-refractivity contribution in [3.63, 3.8) is 0 Å². The second kappa shape index (κ2) is 10.4. The van der Waals surface area contributed by atoms with Gasteiger partial charge in [-0.05, 0) is 30.7 Å². The molecule has 1 unspecified atom stereocenters. The summed E-state index contributed by atoms with van der Waals surface area (Å²) in [5.41, 5.74) is 3.85. The molecule has 4 heterocycles. The van der Waals surface area contributed by atoms with Crippen molar-refractivity contribution in [3.8, 4) is 11.4 Å². The molecule has 186 valence electrons. The Kier molecular flexibility index (Phi) is 7.08. The lowest BCUT2D eigenvalue weighted by Crippen LogP contribution is -2.21. The number of alkyl halides is 3. The molecule has 0 fully saturated rings. The molecule has 10 nitrogen and oxygen atoms in total. The van der Waals surface area contributed by atoms with Gasteiger partial charge in [-0.3, -0.25) is 4.98 Å². The first-order valence-electron chi connectivity index (χ1n) is 10.5. The van der Waals surface area contributed by atoms with Crippen molar-refractivity contribution in [3.05, 3.63) is 84.0 Å². The van der Waals surface area contributed by atoms with E-state index >= 15 is 0 Å². The summed E-state index contributed by atoms with van der Waals surface area (Å²) in [5.74, 6) is -0.832. The quantitative estimate of drug-likeness (QED) is 0.432. The van der Waals surface area contributed by atoms with Gasteiger partial charge in [-0.25, -0.2) is 9.78 Å². The van der Waals surface area contributed by atoms with Crippen LogP contribution in [0.3, 0.4) is 0 Å². The third kappa shape index (κ3) is 5.92. The topological polar surface area (TPSA) is 129 Å². The molecule has 1 aliphatic heterocycles. The number of imidazole rings is 1. The van der Waals surface area contributed by atoms with Gasteiger partial charge in [0.15, 0.2) is 0 Å². The molecule has 1 aromatic carbocycles. The standard InChI is InChI=1S/C21H18N6O2.C2HF3O2/c1-14-23-9-10-27(14)13-15-3-2-4-17(11-15)20-24-21(29-26-20)19-12-18(25-28-19)16-5-7-22-8-6-16;3-2(4,5)1(6)7/h2-11,19H,12-13H2,1H3;(H,6,7). The van der Waals surface area contributed by atoms with Gasteiger partial charge in [0.05, 0.1) is 5.71 Å². The van der Waals surface area contributed by atoms with Crippen molar-refractivity contribution in [2.24, 2.45) is 5.16 Å². The maximum absolute atomic E-state index is 10.6. The number of oxime groups is 1. The van der Waals surface area contributed by atoms with E-state index in [9.17, 15) is 13.2 Å². The van der Waals surface area contributed by atoms with Gasteiger partial charge in [0.25, 0.3) is 5.89 Å². The van der Waals surface area contributed by atoms with E-state index in [0.717, 1.165) is 34.8 Å². The molecule has 36 heavy (non-hydrogen) atoms. The number of carboxylic acid groups (broad SMARTS) is 1. The summed E-state index contributed by atoms with van der Waals surface area (Å²) in [4.78, 5) is 27.2.